The molecule has 0 saturated carbocycles. The molecule has 0 aliphatic carbocycles. The lowest BCUT2D eigenvalue weighted by atomic mass is 9.95. The molecular weight excluding hydrogens is 304 g/mol. The number of carbonyl (C=O) groups is 1. The van der Waals surface area contributed by atoms with Crippen LogP contribution < -0.4 is 0 Å². The molecule has 0 unspecified atom stereocenters. The van der Waals surface area contributed by atoms with Crippen LogP contribution in [-0.4, -0.2) is 35.3 Å². The molecule has 1 saturated heterocycles. The van der Waals surface area contributed by atoms with Gasteiger partial charge in [-0.25, -0.2) is 0 Å². The molecule has 1 aliphatic rings. The van der Waals surface area contributed by atoms with E-state index >= 15 is 0 Å². The Morgan fingerprint density at radius 1 is 1.21 bits per heavy atom. The van der Waals surface area contributed by atoms with Crippen LogP contribution in [0, 0.1) is 5.92 Å². The summed E-state index contributed by atoms with van der Waals surface area (Å²) in [4.78, 5) is 17.0. The van der Waals surface area contributed by atoms with Gasteiger partial charge in [0.1, 0.15) is 11.5 Å². The van der Waals surface area contributed by atoms with Crippen molar-refractivity contribution >= 4 is 5.91 Å². The molecule has 5 heteroatoms. The zero-order valence-electron chi connectivity index (χ0n) is 13.9. The minimum absolute atomic E-state index is 0.0766. The maximum absolute atomic E-state index is 12.8. The third-order valence-corrected chi connectivity index (χ3v) is 4.48. The number of rotatable bonds is 7. The van der Waals surface area contributed by atoms with Gasteiger partial charge in [0.05, 0.1) is 25.6 Å². The van der Waals surface area contributed by atoms with Crippen molar-refractivity contribution in [2.75, 3.05) is 19.6 Å². The number of likely N-dealkylation sites (tertiary alicyclic amines) is 1. The Balaban J connectivity index is 1.53. The van der Waals surface area contributed by atoms with Crippen molar-refractivity contribution in [1.29, 1.82) is 0 Å². The van der Waals surface area contributed by atoms with Crippen molar-refractivity contribution in [3.63, 3.8) is 0 Å². The van der Waals surface area contributed by atoms with Crippen LogP contribution in [0.2, 0.25) is 0 Å². The number of nitrogens with zero attached hydrogens (tertiary/aromatic N) is 2. The molecule has 0 bridgehead atoms. The zero-order chi connectivity index (χ0) is 16.8. The van der Waals surface area contributed by atoms with E-state index in [2.05, 4.69) is 11.5 Å². The molecule has 0 atom stereocenters. The normalized spacial score (nSPS) is 16.2. The van der Waals surface area contributed by atoms with E-state index in [-0.39, 0.29) is 11.8 Å². The molecule has 128 valence electrons. The fourth-order valence-electron chi connectivity index (χ4n) is 3.20. The second-order valence-electron chi connectivity index (χ2n) is 6.22. The van der Waals surface area contributed by atoms with Gasteiger partial charge in [-0.15, -0.1) is 6.58 Å². The minimum Gasteiger partial charge on any atom is -0.468 e. The van der Waals surface area contributed by atoms with Gasteiger partial charge in [-0.1, -0.05) is 6.08 Å². The lowest BCUT2D eigenvalue weighted by molar-refractivity contribution is -0.137. The molecule has 1 aliphatic heterocycles. The van der Waals surface area contributed by atoms with Crippen LogP contribution in [0.3, 0.4) is 0 Å². The molecule has 0 spiro atoms. The highest BCUT2D eigenvalue weighted by Gasteiger charge is 2.28. The Bertz CT molecular complexity index is 626. The molecule has 5 nitrogen and oxygen atoms in total. The predicted octanol–water partition coefficient (Wildman–Crippen LogP) is 3.30. The van der Waals surface area contributed by atoms with Crippen molar-refractivity contribution in [3.05, 3.63) is 61.0 Å². The fourth-order valence-corrected chi connectivity index (χ4v) is 3.20. The second-order valence-corrected chi connectivity index (χ2v) is 6.22. The smallest absolute Gasteiger partial charge is 0.226 e. The van der Waals surface area contributed by atoms with Crippen LogP contribution in [0.5, 0.6) is 0 Å². The van der Waals surface area contributed by atoms with Gasteiger partial charge in [0.2, 0.25) is 5.91 Å². The lowest BCUT2D eigenvalue weighted by Crippen LogP contribution is -2.42. The van der Waals surface area contributed by atoms with Gasteiger partial charge in [-0.2, -0.15) is 0 Å². The van der Waals surface area contributed by atoms with Gasteiger partial charge in [-0.3, -0.25) is 9.69 Å². The van der Waals surface area contributed by atoms with E-state index in [4.69, 9.17) is 8.83 Å². The molecule has 2 aromatic rings. The summed E-state index contributed by atoms with van der Waals surface area (Å²) >= 11 is 0. The maximum Gasteiger partial charge on any atom is 0.226 e. The van der Waals surface area contributed by atoms with Crippen LogP contribution in [0.4, 0.5) is 0 Å². The van der Waals surface area contributed by atoms with Crippen LogP contribution in [0.1, 0.15) is 24.4 Å². The van der Waals surface area contributed by atoms with Crippen molar-refractivity contribution in [1.82, 2.24) is 9.80 Å². The van der Waals surface area contributed by atoms with Crippen molar-refractivity contribution < 1.29 is 13.6 Å². The minimum atomic E-state index is 0.0766. The highest BCUT2D eigenvalue weighted by molar-refractivity contribution is 5.79. The third-order valence-electron chi connectivity index (χ3n) is 4.48. The van der Waals surface area contributed by atoms with E-state index in [9.17, 15) is 4.79 Å². The van der Waals surface area contributed by atoms with Crippen LogP contribution in [0.15, 0.2) is 58.3 Å². The monoisotopic (exact) mass is 328 g/mol. The van der Waals surface area contributed by atoms with Gasteiger partial charge < -0.3 is 13.7 Å². The summed E-state index contributed by atoms with van der Waals surface area (Å²) in [6.45, 7) is 7.47. The van der Waals surface area contributed by atoms with E-state index in [0.29, 0.717) is 13.1 Å². The van der Waals surface area contributed by atoms with Crippen LogP contribution >= 0.6 is 0 Å². The van der Waals surface area contributed by atoms with Crippen molar-refractivity contribution in [2.24, 2.45) is 5.92 Å². The molecule has 0 N–H and O–H groups in total. The number of amides is 1. The molecule has 1 fully saturated rings. The largest absolute Gasteiger partial charge is 0.468 e. The van der Waals surface area contributed by atoms with Gasteiger partial charge in [-0.05, 0) is 50.2 Å². The number of piperidine rings is 1. The lowest BCUT2D eigenvalue weighted by Gasteiger charge is -2.33. The first kappa shape index (κ1) is 16.6. The average Bonchev–Trinajstić information content (AvgIpc) is 3.28. The summed E-state index contributed by atoms with van der Waals surface area (Å²) in [6, 6.07) is 7.65. The SMILES string of the molecule is C=CCN(Cc1ccco1)C(=O)C1CCN(Cc2ccco2)CC1. The van der Waals surface area contributed by atoms with Gasteiger partial charge in [0, 0.05) is 12.5 Å². The van der Waals surface area contributed by atoms with Gasteiger partial charge in [0.25, 0.3) is 0 Å². The first-order valence-electron chi connectivity index (χ1n) is 8.43. The molecule has 2 aromatic heterocycles. The summed E-state index contributed by atoms with van der Waals surface area (Å²) in [7, 11) is 0. The number of hydrogen-bond acceptors (Lipinski definition) is 4. The molecule has 3 rings (SSSR count). The highest BCUT2D eigenvalue weighted by atomic mass is 16.3. The van der Waals surface area contributed by atoms with E-state index < -0.39 is 0 Å². The Morgan fingerprint density at radius 3 is 2.46 bits per heavy atom. The number of carbonyl (C=O) groups excluding carboxylic acids is 1. The molecule has 1 amide bonds. The molecular formula is C19H24N2O3. The Labute approximate surface area is 142 Å². The summed E-state index contributed by atoms with van der Waals surface area (Å²) < 4.78 is 10.8. The molecule has 24 heavy (non-hydrogen) atoms. The molecule has 0 aromatic carbocycles. The van der Waals surface area contributed by atoms with Crippen LogP contribution in [-0.2, 0) is 17.9 Å². The Kier molecular flexibility index (Phi) is 5.54. The summed E-state index contributed by atoms with van der Waals surface area (Å²) in [5.41, 5.74) is 0. The maximum atomic E-state index is 12.8. The average molecular weight is 328 g/mol. The number of hydrogen-bond donors (Lipinski definition) is 0. The summed E-state index contributed by atoms with van der Waals surface area (Å²) in [5.74, 6) is 2.06. The predicted molar refractivity (Wildman–Crippen MR) is 91.0 cm³/mol. The van der Waals surface area contributed by atoms with Crippen molar-refractivity contribution in [3.8, 4) is 0 Å². The topological polar surface area (TPSA) is 49.8 Å². The first-order chi connectivity index (χ1) is 11.8. The summed E-state index contributed by atoms with van der Waals surface area (Å²) in [6.07, 6.45) is 6.87. The zero-order valence-corrected chi connectivity index (χ0v) is 13.9. The van der Waals surface area contributed by atoms with E-state index in [1.54, 1.807) is 18.6 Å². The fraction of sp³-hybridized carbons (Fsp3) is 0.421. The van der Waals surface area contributed by atoms with E-state index in [1.807, 2.05) is 29.2 Å². The van der Waals surface area contributed by atoms with Crippen LogP contribution in [0.25, 0.3) is 0 Å². The highest BCUT2D eigenvalue weighted by Crippen LogP contribution is 2.22. The van der Waals surface area contributed by atoms with Gasteiger partial charge in [0.15, 0.2) is 0 Å². The Morgan fingerprint density at radius 2 is 1.88 bits per heavy atom. The third kappa shape index (κ3) is 4.17. The van der Waals surface area contributed by atoms with Crippen molar-refractivity contribution in [2.45, 2.75) is 25.9 Å². The summed E-state index contributed by atoms with van der Waals surface area (Å²) in [5, 5.41) is 0. The van der Waals surface area contributed by atoms with E-state index in [1.165, 1.54) is 0 Å². The van der Waals surface area contributed by atoms with Gasteiger partial charge >= 0.3 is 0 Å². The van der Waals surface area contributed by atoms with E-state index in [0.717, 1.165) is 44.0 Å². The molecule has 3 heterocycles. The second kappa shape index (κ2) is 8.02. The standard InChI is InChI=1S/C19H24N2O3/c1-2-9-21(15-18-6-4-13-24-18)19(22)16-7-10-20(11-8-16)14-17-5-3-12-23-17/h2-6,12-13,16H,1,7-11,14-15H2. The first-order valence-corrected chi connectivity index (χ1v) is 8.43. The number of furan rings is 2. The molecule has 0 radical (unpaired) electrons. The Hall–Kier alpha value is -2.27. The quantitative estimate of drug-likeness (QED) is 0.732.